The molecule has 0 unspecified atom stereocenters. The lowest BCUT2D eigenvalue weighted by molar-refractivity contribution is -0.460. The van der Waals surface area contributed by atoms with Crippen molar-refractivity contribution in [2.45, 2.75) is 231 Å². The fraction of sp³-hybridized carbons (Fsp3) is 0.709. The number of amides is 2. The number of nitrogens with one attached hydrogen (secondary N) is 9. The minimum Gasteiger partial charge on any atom is -0.458 e. The second-order valence-corrected chi connectivity index (χ2v) is 38.7. The number of hydrogen-bond acceptors (Lipinski definition) is 20. The van der Waals surface area contributed by atoms with Crippen molar-refractivity contribution in [3.05, 3.63) is 23.3 Å². The Morgan fingerprint density at radius 1 is 0.447 bits per heavy atom. The van der Waals surface area contributed by atoms with Crippen molar-refractivity contribution in [3.8, 4) is 0 Å². The van der Waals surface area contributed by atoms with E-state index in [4.69, 9.17) is 112 Å². The lowest BCUT2D eigenvalue weighted by atomic mass is 9.60. The fourth-order valence-electron chi connectivity index (χ4n) is 18.7. The summed E-state index contributed by atoms with van der Waals surface area (Å²) in [6, 6.07) is -1.15. The number of primary amides is 1. The highest BCUT2D eigenvalue weighted by Crippen LogP contribution is 2.76. The minimum atomic E-state index is -2.06. The first-order valence-corrected chi connectivity index (χ1v) is 47.8. The third kappa shape index (κ3) is 37.2. The smallest absolute Gasteiger partial charge is 0.458 e. The molecular formula is C86H154N26O18S2+8. The first kappa shape index (κ1) is 113. The lowest BCUT2D eigenvalue weighted by Crippen LogP contribution is -2.78. The number of hydrogen-bond donors (Lipinski definition) is 28. The molecule has 45 N–H and O–H groups in total. The number of aliphatic hydroxyl groups is 2. The van der Waals surface area contributed by atoms with E-state index in [9.17, 15) is 48.6 Å². The summed E-state index contributed by atoms with van der Waals surface area (Å²) in [5.41, 5.74) is 92.8. The molecule has 2 saturated carbocycles. The van der Waals surface area contributed by atoms with Gasteiger partial charge in [0, 0.05) is 154 Å². The van der Waals surface area contributed by atoms with Crippen LogP contribution in [-0.2, 0) is 71.7 Å². The van der Waals surface area contributed by atoms with E-state index in [1.807, 2.05) is 20.8 Å². The normalized spacial score (nSPS) is 21.0. The van der Waals surface area contributed by atoms with Gasteiger partial charge in [-0.2, -0.15) is 0 Å². The number of nitrogens with two attached hydrogens (primary N) is 17. The SMILES string of the molecule is CC(=O)N[C@H](CSSCCOC(=O)OCC1=C[C@H]2[C@@H]3C(C)(C)[C@]3(OC(C)=O)C[C@@H](C)[C@]2(O)[C@@H]2C=C(C)C(=O)[C@@]2(O)C1)C(=O)C[C@H](CCC[NH+]=C(N)N)C(=O)C[C@H](CCC[NH+]=C(N)N)C(=O)C[C@H](CCC[NH+]=C(N)N)C(=O)C[C@H](CCC[NH+]=C(N)N)C(=O)C[C@H](CCC[NH+]=C(N)N)C(=O)C[C@H](CCC[NH+]=C(N)N)C(=O)C[C@H](CCC[NH+]=C(N)N)C(=O)C[C@H](CCC[NH+]=C(N)N)C(N)=O. The predicted octanol–water partition coefficient (Wildman–Crippen LogP) is -16.3. The maximum atomic E-state index is 15.4. The largest absolute Gasteiger partial charge is 0.508 e. The minimum absolute atomic E-state index is 0.0221. The second kappa shape index (κ2) is 55.5. The van der Waals surface area contributed by atoms with E-state index in [-0.39, 0.29) is 239 Å². The van der Waals surface area contributed by atoms with Gasteiger partial charge >= 0.3 is 59.8 Å². The Kier molecular flexibility index (Phi) is 47.6. The highest BCUT2D eigenvalue weighted by molar-refractivity contribution is 8.76. The molecule has 740 valence electrons. The van der Waals surface area contributed by atoms with E-state index >= 15 is 24.0 Å². The van der Waals surface area contributed by atoms with Crippen LogP contribution >= 0.6 is 21.6 Å². The molecule has 46 heteroatoms. The van der Waals surface area contributed by atoms with E-state index in [0.29, 0.717) is 18.4 Å². The molecule has 132 heavy (non-hydrogen) atoms. The quantitative estimate of drug-likeness (QED) is 0.00671. The number of fused-ring (bicyclic) bond motifs is 5. The third-order valence-electron chi connectivity index (χ3n) is 25.5. The maximum absolute atomic E-state index is 15.4. The van der Waals surface area contributed by atoms with Gasteiger partial charge in [0.1, 0.15) is 64.9 Å². The molecule has 2 amide bonds. The summed E-state index contributed by atoms with van der Waals surface area (Å²) in [4.78, 5) is 208. The Morgan fingerprint density at radius 2 is 0.750 bits per heavy atom. The van der Waals surface area contributed by atoms with Crippen molar-refractivity contribution in [1.29, 1.82) is 0 Å². The van der Waals surface area contributed by atoms with Crippen LogP contribution in [0.3, 0.4) is 0 Å². The van der Waals surface area contributed by atoms with Gasteiger partial charge in [-0.3, -0.25) is 189 Å². The maximum Gasteiger partial charge on any atom is 0.508 e. The summed E-state index contributed by atoms with van der Waals surface area (Å²) < 4.78 is 17.1. The number of rotatable bonds is 67. The van der Waals surface area contributed by atoms with Crippen molar-refractivity contribution in [1.82, 2.24) is 5.32 Å². The van der Waals surface area contributed by atoms with Crippen LogP contribution < -0.4 is 143 Å². The van der Waals surface area contributed by atoms with Gasteiger partial charge in [-0.1, -0.05) is 54.5 Å². The average molecular weight is 1900 g/mol. The van der Waals surface area contributed by atoms with Gasteiger partial charge in [-0.05, 0) is 133 Å². The number of ether oxygens (including phenoxy) is 3. The van der Waals surface area contributed by atoms with Gasteiger partial charge in [-0.15, -0.1) is 0 Å². The van der Waals surface area contributed by atoms with Crippen LogP contribution in [0.5, 0.6) is 0 Å². The molecular weight excluding hydrogens is 1750 g/mol. The standard InChI is InChI=1S/C86H146N26O18S2/c1-47-33-70-84(126,72(47)123)44-51(34-60-71-83(5,6)85(71,130-50(4)114)43-48(2)86(60,70)127)45-129-82(125)128-31-32-131-132-46-61(112-49(3)113)69(122)41-58(21-13-29-110-80(100)101)67(120)39-56(19-11-27-108-78(96)97)65(118)37-54(17-9-25-106-76(92)93)63(116)35-52(15-7-23-104-74(88)89)62(115)36-53(16-8-24-105-75(90)91)64(117)38-55(18-10-26-107-77(94)95)66(119)40-57(20-12-28-109-79(98)99)68(121)42-59(73(87)124)22-14-30-111-81(102)103/h33-34,48,52-61,70-71,126-127H,7-32,35-46H2,1-6H3,(H2,87,124)(H,112,113)(H4,88,89,104)(H4,90,91,105)(H4,92,93,106)(H4,94,95,107)(H4,96,97,108)(H4,98,99,109)(H4,100,101,110)(H4,102,103,111)/p+8/t48-,52+,53+,54+,55+,56+,57+,58+,59+,60+,61-,70-,71-,84-,85+,86-/m1/s1. The van der Waals surface area contributed by atoms with Crippen LogP contribution in [0.4, 0.5) is 4.79 Å². The molecule has 4 rings (SSSR count). The highest BCUT2D eigenvalue weighted by atomic mass is 33.1. The first-order valence-electron chi connectivity index (χ1n) is 45.3. The lowest BCUT2D eigenvalue weighted by Gasteiger charge is -2.50. The second-order valence-electron chi connectivity index (χ2n) is 36.1. The molecule has 44 nitrogen and oxygen atoms in total. The molecule has 0 aromatic carbocycles. The van der Waals surface area contributed by atoms with Crippen molar-refractivity contribution in [2.24, 2.45) is 174 Å². The zero-order valence-electron chi connectivity index (χ0n) is 77.6. The summed E-state index contributed by atoms with van der Waals surface area (Å²) >= 11 is 0. The van der Waals surface area contributed by atoms with Gasteiger partial charge in [0.25, 0.3) is 0 Å². The van der Waals surface area contributed by atoms with Crippen LogP contribution in [0.15, 0.2) is 23.3 Å². The topological polar surface area (TPSA) is 856 Å². The van der Waals surface area contributed by atoms with Crippen LogP contribution in [0.2, 0.25) is 0 Å². The molecule has 0 aromatic rings. The van der Waals surface area contributed by atoms with Gasteiger partial charge in [0.15, 0.2) is 11.6 Å². The number of carbonyl (C=O) groups excluding carboxylic acids is 13. The Balaban J connectivity index is 1.64. The molecule has 0 heterocycles. The molecule has 4 aliphatic carbocycles. The molecule has 16 atom stereocenters. The predicted molar refractivity (Wildman–Crippen MR) is 495 cm³/mol. The van der Waals surface area contributed by atoms with Crippen molar-refractivity contribution < 1.29 is 127 Å². The summed E-state index contributed by atoms with van der Waals surface area (Å²) in [6.07, 6.45) is 1.88. The number of carbonyl (C=O) groups is 13. The Morgan fingerprint density at radius 3 is 1.05 bits per heavy atom. The average Bonchev–Trinajstić information content (AvgIpc) is 1.47. The molecule has 0 bridgehead atoms. The number of guanidine groups is 8. The first-order chi connectivity index (χ1) is 62.0. The third-order valence-corrected chi connectivity index (χ3v) is 27.9. The molecule has 0 radical (unpaired) electrons. The molecule has 0 aromatic heterocycles. The van der Waals surface area contributed by atoms with E-state index < -0.39 is 220 Å². The van der Waals surface area contributed by atoms with Crippen molar-refractivity contribution >= 4 is 145 Å². The number of Topliss-reactive ketones (excluding diaryl/α,β-unsaturated/α-hetero) is 9. The van der Waals surface area contributed by atoms with Crippen molar-refractivity contribution in [3.63, 3.8) is 0 Å². The molecule has 2 fully saturated rings. The van der Waals surface area contributed by atoms with E-state index in [1.165, 1.54) is 24.6 Å². The highest BCUT2D eigenvalue weighted by Gasteiger charge is 2.83. The summed E-state index contributed by atoms with van der Waals surface area (Å²) in [7, 11) is 2.36. The monoisotopic (exact) mass is 1900 g/mol. The number of ketones is 9. The van der Waals surface area contributed by atoms with Crippen LogP contribution in [0.25, 0.3) is 0 Å². The van der Waals surface area contributed by atoms with Gasteiger partial charge in [0.05, 0.1) is 64.0 Å². The summed E-state index contributed by atoms with van der Waals surface area (Å²) in [5.74, 6) is -18.0. The van der Waals surface area contributed by atoms with E-state index in [1.54, 1.807) is 19.1 Å². The summed E-state index contributed by atoms with van der Waals surface area (Å²) in [6.45, 7) is 10.7. The Bertz CT molecular complexity index is 4300. The molecule has 0 spiro atoms. The van der Waals surface area contributed by atoms with Gasteiger partial charge in [-0.25, -0.2) is 4.79 Å². The molecule has 0 saturated heterocycles. The van der Waals surface area contributed by atoms with E-state index in [0.717, 1.165) is 10.8 Å². The zero-order valence-corrected chi connectivity index (χ0v) is 79.2. The fourth-order valence-corrected chi connectivity index (χ4v) is 20.7. The number of esters is 1. The van der Waals surface area contributed by atoms with E-state index in [2.05, 4.69) is 45.3 Å². The molecule has 4 aliphatic rings. The Labute approximate surface area is 779 Å². The van der Waals surface area contributed by atoms with Gasteiger partial charge in [0.2, 0.25) is 11.8 Å². The Hall–Kier alpha value is -11.0. The van der Waals surface area contributed by atoms with Gasteiger partial charge < -0.3 is 35.5 Å². The van der Waals surface area contributed by atoms with Crippen LogP contribution in [0.1, 0.15) is 208 Å². The zero-order chi connectivity index (χ0) is 99.0. The van der Waals surface area contributed by atoms with Crippen LogP contribution in [-0.4, -0.2) is 234 Å². The molecule has 0 aliphatic heterocycles. The summed E-state index contributed by atoms with van der Waals surface area (Å²) in [5, 5.41) is 27.8. The van der Waals surface area contributed by atoms with Crippen LogP contribution in [0, 0.1) is 76.4 Å². The van der Waals surface area contributed by atoms with Crippen molar-refractivity contribution in [2.75, 3.05) is 77.1 Å².